The van der Waals surface area contributed by atoms with E-state index < -0.39 is 10.0 Å². The summed E-state index contributed by atoms with van der Waals surface area (Å²) in [4.78, 5) is 0.0803. The van der Waals surface area contributed by atoms with Gasteiger partial charge >= 0.3 is 0 Å². The minimum atomic E-state index is -3.68. The number of aromatic nitrogens is 1. The van der Waals surface area contributed by atoms with Crippen LogP contribution in [0.4, 0.5) is 5.82 Å². The average Bonchev–Trinajstić information content (AvgIpc) is 2.73. The molecule has 2 rings (SSSR count). The normalized spacial score (nSPS) is 11.4. The predicted octanol–water partition coefficient (Wildman–Crippen LogP) is 2.89. The number of rotatable bonds is 3. The van der Waals surface area contributed by atoms with Crippen molar-refractivity contribution in [2.24, 2.45) is 0 Å². The summed E-state index contributed by atoms with van der Waals surface area (Å²) in [7, 11) is -3.68. The van der Waals surface area contributed by atoms with E-state index in [1.165, 1.54) is 30.5 Å². The third-order valence-electron chi connectivity index (χ3n) is 1.88. The lowest BCUT2D eigenvalue weighted by atomic mass is 10.4. The zero-order chi connectivity index (χ0) is 12.5. The standard InChI is InChI=1S/C9H6BrClN2O3S/c10-7-5-6(1-2-8(7)11)17(14,15)13-9-3-4-16-12-9/h1-5H,(H,12,13). The number of nitrogens with one attached hydrogen (secondary N) is 1. The molecule has 90 valence electrons. The Kier molecular flexibility index (Phi) is 3.41. The lowest BCUT2D eigenvalue weighted by Crippen LogP contribution is -2.13. The van der Waals surface area contributed by atoms with Crippen molar-refractivity contribution in [3.05, 3.63) is 40.0 Å². The van der Waals surface area contributed by atoms with Gasteiger partial charge in [0.15, 0.2) is 5.82 Å². The minimum Gasteiger partial charge on any atom is -0.363 e. The second-order valence-electron chi connectivity index (χ2n) is 3.07. The second-order valence-corrected chi connectivity index (χ2v) is 6.01. The number of benzene rings is 1. The fourth-order valence-corrected chi connectivity index (χ4v) is 2.77. The van der Waals surface area contributed by atoms with Crippen molar-refractivity contribution in [2.45, 2.75) is 4.90 Å². The first kappa shape index (κ1) is 12.4. The Bertz CT molecular complexity index is 628. The number of hydrogen-bond acceptors (Lipinski definition) is 4. The lowest BCUT2D eigenvalue weighted by molar-refractivity contribution is 0.423. The number of anilines is 1. The Morgan fingerprint density at radius 2 is 2.12 bits per heavy atom. The summed E-state index contributed by atoms with van der Waals surface area (Å²) < 4.78 is 31.1. The van der Waals surface area contributed by atoms with Gasteiger partial charge in [0.25, 0.3) is 10.0 Å². The lowest BCUT2D eigenvalue weighted by Gasteiger charge is -2.05. The summed E-state index contributed by atoms with van der Waals surface area (Å²) >= 11 is 8.94. The van der Waals surface area contributed by atoms with Gasteiger partial charge in [-0.25, -0.2) is 8.42 Å². The fraction of sp³-hybridized carbons (Fsp3) is 0. The summed E-state index contributed by atoms with van der Waals surface area (Å²) in [6.07, 6.45) is 1.27. The Balaban J connectivity index is 2.35. The van der Waals surface area contributed by atoms with Crippen LogP contribution in [-0.2, 0) is 10.0 Å². The molecule has 0 radical (unpaired) electrons. The van der Waals surface area contributed by atoms with Crippen molar-refractivity contribution in [3.8, 4) is 0 Å². The Hall–Kier alpha value is -1.05. The summed E-state index contributed by atoms with van der Waals surface area (Å²) in [6, 6.07) is 5.70. The summed E-state index contributed by atoms with van der Waals surface area (Å²) in [5, 5.41) is 3.90. The van der Waals surface area contributed by atoms with E-state index in [1.54, 1.807) is 0 Å². The number of sulfonamides is 1. The van der Waals surface area contributed by atoms with E-state index in [9.17, 15) is 8.42 Å². The zero-order valence-corrected chi connectivity index (χ0v) is 11.4. The number of halogens is 2. The summed E-state index contributed by atoms with van der Waals surface area (Å²) in [5.74, 6) is 0.121. The number of nitrogens with zero attached hydrogens (tertiary/aromatic N) is 1. The maximum absolute atomic E-state index is 11.9. The molecule has 1 N–H and O–H groups in total. The zero-order valence-electron chi connectivity index (χ0n) is 8.22. The highest BCUT2D eigenvalue weighted by Gasteiger charge is 2.16. The average molecular weight is 338 g/mol. The second kappa shape index (κ2) is 4.67. The highest BCUT2D eigenvalue weighted by Crippen LogP contribution is 2.26. The van der Waals surface area contributed by atoms with Crippen molar-refractivity contribution in [2.75, 3.05) is 4.72 Å². The monoisotopic (exact) mass is 336 g/mol. The molecule has 0 atom stereocenters. The molecule has 0 spiro atoms. The van der Waals surface area contributed by atoms with Gasteiger partial charge in [0.2, 0.25) is 0 Å². The van der Waals surface area contributed by atoms with Crippen LogP contribution in [0.2, 0.25) is 5.02 Å². The van der Waals surface area contributed by atoms with Crippen LogP contribution < -0.4 is 4.72 Å². The molecule has 1 aromatic carbocycles. The van der Waals surface area contributed by atoms with Crippen molar-refractivity contribution < 1.29 is 12.9 Å². The van der Waals surface area contributed by atoms with Gasteiger partial charge in [0.1, 0.15) is 6.26 Å². The van der Waals surface area contributed by atoms with Gasteiger partial charge in [-0.3, -0.25) is 4.72 Å². The Labute approximate surface area is 111 Å². The first-order chi connectivity index (χ1) is 7.99. The molecular formula is C9H6BrClN2O3S. The third-order valence-corrected chi connectivity index (χ3v) is 4.44. The van der Waals surface area contributed by atoms with E-state index >= 15 is 0 Å². The molecule has 0 saturated heterocycles. The van der Waals surface area contributed by atoms with Crippen LogP contribution in [0, 0.1) is 0 Å². The molecule has 1 heterocycles. The van der Waals surface area contributed by atoms with Crippen molar-refractivity contribution in [1.82, 2.24) is 5.16 Å². The summed E-state index contributed by atoms with van der Waals surface area (Å²) in [6.45, 7) is 0. The SMILES string of the molecule is O=S(=O)(Nc1ccon1)c1ccc(Cl)c(Br)c1. The molecule has 0 saturated carbocycles. The number of hydrogen-bond donors (Lipinski definition) is 1. The van der Waals surface area contributed by atoms with Gasteiger partial charge in [-0.05, 0) is 34.1 Å². The van der Waals surface area contributed by atoms with Crippen LogP contribution in [0.1, 0.15) is 0 Å². The molecule has 8 heteroatoms. The molecular weight excluding hydrogens is 332 g/mol. The van der Waals surface area contributed by atoms with E-state index in [0.29, 0.717) is 9.50 Å². The predicted molar refractivity (Wildman–Crippen MR) is 66.5 cm³/mol. The third kappa shape index (κ3) is 2.80. The highest BCUT2D eigenvalue weighted by molar-refractivity contribution is 9.10. The van der Waals surface area contributed by atoms with Crippen LogP contribution in [-0.4, -0.2) is 13.6 Å². The maximum atomic E-state index is 11.9. The Morgan fingerprint density at radius 1 is 1.35 bits per heavy atom. The van der Waals surface area contributed by atoms with Crippen molar-refractivity contribution in [3.63, 3.8) is 0 Å². The van der Waals surface area contributed by atoms with Crippen molar-refractivity contribution >= 4 is 43.4 Å². The van der Waals surface area contributed by atoms with E-state index in [0.717, 1.165) is 0 Å². The molecule has 0 aliphatic carbocycles. The molecule has 0 fully saturated rings. The molecule has 17 heavy (non-hydrogen) atoms. The van der Waals surface area contributed by atoms with E-state index in [-0.39, 0.29) is 10.7 Å². The van der Waals surface area contributed by atoms with E-state index in [1.807, 2.05) is 0 Å². The van der Waals surface area contributed by atoms with Gasteiger partial charge in [-0.2, -0.15) is 0 Å². The molecule has 0 amide bonds. The molecule has 2 aromatic rings. The molecule has 1 aromatic heterocycles. The summed E-state index contributed by atoms with van der Waals surface area (Å²) in [5.41, 5.74) is 0. The molecule has 0 unspecified atom stereocenters. The van der Waals surface area contributed by atoms with Gasteiger partial charge in [-0.1, -0.05) is 16.8 Å². The van der Waals surface area contributed by atoms with Crippen LogP contribution in [0.15, 0.2) is 44.4 Å². The maximum Gasteiger partial charge on any atom is 0.263 e. The van der Waals surface area contributed by atoms with Crippen molar-refractivity contribution in [1.29, 1.82) is 0 Å². The largest absolute Gasteiger partial charge is 0.363 e. The smallest absolute Gasteiger partial charge is 0.263 e. The topological polar surface area (TPSA) is 72.2 Å². The van der Waals surface area contributed by atoms with Gasteiger partial charge < -0.3 is 4.52 Å². The fourth-order valence-electron chi connectivity index (χ4n) is 1.11. The quantitative estimate of drug-likeness (QED) is 0.934. The van der Waals surface area contributed by atoms with Gasteiger partial charge in [0.05, 0.1) is 9.92 Å². The van der Waals surface area contributed by atoms with Crippen LogP contribution >= 0.6 is 27.5 Å². The van der Waals surface area contributed by atoms with Crippen LogP contribution in [0.3, 0.4) is 0 Å². The molecule has 0 aliphatic rings. The first-order valence-corrected chi connectivity index (χ1v) is 7.03. The molecule has 0 bridgehead atoms. The van der Waals surface area contributed by atoms with Crippen LogP contribution in [0.25, 0.3) is 0 Å². The van der Waals surface area contributed by atoms with Crippen LogP contribution in [0.5, 0.6) is 0 Å². The molecule has 5 nitrogen and oxygen atoms in total. The highest BCUT2D eigenvalue weighted by atomic mass is 79.9. The molecule has 0 aliphatic heterocycles. The first-order valence-electron chi connectivity index (χ1n) is 4.37. The van der Waals surface area contributed by atoms with E-state index in [4.69, 9.17) is 11.6 Å². The Morgan fingerprint density at radius 3 is 2.71 bits per heavy atom. The van der Waals surface area contributed by atoms with E-state index in [2.05, 4.69) is 30.3 Å². The van der Waals surface area contributed by atoms with Gasteiger partial charge in [0, 0.05) is 10.5 Å². The van der Waals surface area contributed by atoms with Gasteiger partial charge in [-0.15, -0.1) is 0 Å². The minimum absolute atomic E-state index is 0.0803.